The maximum atomic E-state index is 6.39. The number of rotatable bonds is 16. The maximum absolute atomic E-state index is 6.39. The summed E-state index contributed by atoms with van der Waals surface area (Å²) in [5.74, 6) is 3.29. The van der Waals surface area contributed by atoms with Crippen LogP contribution in [0.15, 0.2) is 158 Å². The summed E-state index contributed by atoms with van der Waals surface area (Å²) in [7, 11) is 0. The lowest BCUT2D eigenvalue weighted by Gasteiger charge is -2.16. The number of ether oxygens (including phenoxy) is 4. The highest BCUT2D eigenvalue weighted by atomic mass is 16.5. The molecule has 4 heteroatoms. The molecule has 0 saturated heterocycles. The Labute approximate surface area is 278 Å². The molecule has 47 heavy (non-hydrogen) atoms. The van der Waals surface area contributed by atoms with Crippen molar-refractivity contribution >= 4 is 0 Å². The molecule has 0 heterocycles. The van der Waals surface area contributed by atoms with Crippen LogP contribution in [0.2, 0.25) is 0 Å². The molecule has 0 fully saturated rings. The fourth-order valence-electron chi connectivity index (χ4n) is 5.35. The summed E-state index contributed by atoms with van der Waals surface area (Å²) in [4.78, 5) is 0. The van der Waals surface area contributed by atoms with E-state index in [1.165, 1.54) is 0 Å². The van der Waals surface area contributed by atoms with Crippen molar-refractivity contribution in [1.29, 1.82) is 0 Å². The average molecular weight is 621 g/mol. The van der Waals surface area contributed by atoms with Crippen molar-refractivity contribution in [1.82, 2.24) is 0 Å². The first-order valence-corrected chi connectivity index (χ1v) is 16.2. The van der Waals surface area contributed by atoms with Gasteiger partial charge in [0.05, 0.1) is 0 Å². The Morgan fingerprint density at radius 1 is 0.319 bits per heavy atom. The first-order chi connectivity index (χ1) is 23.3. The minimum Gasteiger partial charge on any atom is -0.489 e. The average Bonchev–Trinajstić information content (AvgIpc) is 3.14. The van der Waals surface area contributed by atoms with Crippen molar-refractivity contribution in [2.75, 3.05) is 0 Å². The quantitative estimate of drug-likeness (QED) is 0.108. The Morgan fingerprint density at radius 2 is 0.638 bits per heavy atom. The van der Waals surface area contributed by atoms with Gasteiger partial charge in [0.1, 0.15) is 49.4 Å². The molecule has 0 amide bonds. The van der Waals surface area contributed by atoms with Crippen molar-refractivity contribution < 1.29 is 18.9 Å². The lowest BCUT2D eigenvalue weighted by atomic mass is 10.0. The zero-order valence-corrected chi connectivity index (χ0v) is 26.6. The maximum Gasteiger partial charge on any atom is 0.126 e. The topological polar surface area (TPSA) is 36.9 Å². The molecule has 0 aliphatic rings. The molecule has 6 aromatic rings. The zero-order chi connectivity index (χ0) is 31.9. The zero-order valence-electron chi connectivity index (χ0n) is 26.6. The Morgan fingerprint density at radius 3 is 0.979 bits per heavy atom. The number of benzene rings is 6. The molecular formula is C43H40O4. The normalized spacial score (nSPS) is 10.7. The van der Waals surface area contributed by atoms with Crippen LogP contribution in [0.25, 0.3) is 0 Å². The monoisotopic (exact) mass is 620 g/mol. The fourth-order valence-corrected chi connectivity index (χ4v) is 5.35. The van der Waals surface area contributed by atoms with E-state index in [2.05, 4.69) is 60.7 Å². The molecule has 0 aliphatic carbocycles. The molecule has 0 bridgehead atoms. The highest BCUT2D eigenvalue weighted by molar-refractivity contribution is 5.43. The van der Waals surface area contributed by atoms with Crippen LogP contribution in [0.3, 0.4) is 0 Å². The first-order valence-electron chi connectivity index (χ1n) is 16.2. The molecule has 6 rings (SSSR count). The molecule has 0 N–H and O–H groups in total. The summed E-state index contributed by atoms with van der Waals surface area (Å²) in [6, 6.07) is 53.3. The van der Waals surface area contributed by atoms with Crippen molar-refractivity contribution in [3.05, 3.63) is 191 Å². The van der Waals surface area contributed by atoms with Crippen molar-refractivity contribution in [2.45, 2.75) is 45.7 Å². The summed E-state index contributed by atoms with van der Waals surface area (Å²) < 4.78 is 25.1. The van der Waals surface area contributed by atoms with E-state index < -0.39 is 0 Å². The van der Waals surface area contributed by atoms with Gasteiger partial charge in [0.25, 0.3) is 0 Å². The second kappa shape index (κ2) is 16.7. The van der Waals surface area contributed by atoms with E-state index in [-0.39, 0.29) is 0 Å². The van der Waals surface area contributed by atoms with Crippen LogP contribution in [0, 0.1) is 0 Å². The summed E-state index contributed by atoms with van der Waals surface area (Å²) in [5.41, 5.74) is 6.83. The van der Waals surface area contributed by atoms with E-state index in [0.29, 0.717) is 26.4 Å². The summed E-state index contributed by atoms with van der Waals surface area (Å²) in [6.45, 7) is 2.01. The predicted molar refractivity (Wildman–Crippen MR) is 188 cm³/mol. The van der Waals surface area contributed by atoms with Crippen molar-refractivity contribution in [3.8, 4) is 23.0 Å². The molecule has 0 radical (unpaired) electrons. The van der Waals surface area contributed by atoms with Crippen LogP contribution in [-0.2, 0) is 39.3 Å². The van der Waals surface area contributed by atoms with Crippen LogP contribution in [0.5, 0.6) is 23.0 Å². The molecule has 0 aromatic heterocycles. The van der Waals surface area contributed by atoms with E-state index in [4.69, 9.17) is 18.9 Å². The van der Waals surface area contributed by atoms with E-state index >= 15 is 0 Å². The lowest BCUT2D eigenvalue weighted by Crippen LogP contribution is -2.03. The minimum absolute atomic E-state index is 0.498. The highest BCUT2D eigenvalue weighted by Gasteiger charge is 2.11. The molecule has 0 atom stereocenters. The van der Waals surface area contributed by atoms with Gasteiger partial charge in [-0.15, -0.1) is 0 Å². The van der Waals surface area contributed by atoms with Crippen LogP contribution >= 0.6 is 0 Å². The smallest absolute Gasteiger partial charge is 0.126 e. The second-order valence-electron chi connectivity index (χ2n) is 11.5. The number of hydrogen-bond donors (Lipinski definition) is 0. The Bertz CT molecular complexity index is 1650. The largest absolute Gasteiger partial charge is 0.489 e. The van der Waals surface area contributed by atoms with Gasteiger partial charge in [-0.05, 0) is 64.8 Å². The van der Waals surface area contributed by atoms with Gasteiger partial charge in [0, 0.05) is 12.1 Å². The molecule has 0 unspecified atom stereocenters. The SMILES string of the molecule is c1ccc(COc2ccc(CCCc3ccc(OCc4ccccc4)cc3OCc3ccccc3)c(OCc3ccccc3)c2)cc1. The van der Waals surface area contributed by atoms with E-state index in [9.17, 15) is 0 Å². The molecular weight excluding hydrogens is 580 g/mol. The van der Waals surface area contributed by atoms with Crippen LogP contribution < -0.4 is 18.9 Å². The Kier molecular flexibility index (Phi) is 11.2. The van der Waals surface area contributed by atoms with Crippen molar-refractivity contribution in [2.24, 2.45) is 0 Å². The van der Waals surface area contributed by atoms with Gasteiger partial charge < -0.3 is 18.9 Å². The van der Waals surface area contributed by atoms with E-state index in [0.717, 1.165) is 75.6 Å². The molecule has 236 valence electrons. The van der Waals surface area contributed by atoms with Crippen LogP contribution in [0.4, 0.5) is 0 Å². The lowest BCUT2D eigenvalue weighted by molar-refractivity contribution is 0.287. The third-order valence-electron chi connectivity index (χ3n) is 7.94. The molecule has 0 saturated carbocycles. The Balaban J connectivity index is 1.14. The van der Waals surface area contributed by atoms with Crippen LogP contribution in [-0.4, -0.2) is 0 Å². The molecule has 6 aromatic carbocycles. The molecule has 0 aliphatic heterocycles. The van der Waals surface area contributed by atoms with Gasteiger partial charge in [-0.2, -0.15) is 0 Å². The second-order valence-corrected chi connectivity index (χ2v) is 11.5. The predicted octanol–water partition coefficient (Wildman–Crippen LogP) is 10.2. The van der Waals surface area contributed by atoms with Crippen LogP contribution in [0.1, 0.15) is 39.8 Å². The Hall–Kier alpha value is -5.48. The van der Waals surface area contributed by atoms with E-state index in [1.54, 1.807) is 0 Å². The minimum atomic E-state index is 0.498. The summed E-state index contributed by atoms with van der Waals surface area (Å²) in [6.07, 6.45) is 2.64. The van der Waals surface area contributed by atoms with Gasteiger partial charge >= 0.3 is 0 Å². The van der Waals surface area contributed by atoms with Gasteiger partial charge in [-0.25, -0.2) is 0 Å². The van der Waals surface area contributed by atoms with E-state index in [1.807, 2.05) is 97.1 Å². The third kappa shape index (κ3) is 9.75. The fraction of sp³-hybridized carbons (Fsp3) is 0.163. The highest BCUT2D eigenvalue weighted by Crippen LogP contribution is 2.31. The van der Waals surface area contributed by atoms with Crippen molar-refractivity contribution in [3.63, 3.8) is 0 Å². The summed E-state index contributed by atoms with van der Waals surface area (Å²) in [5, 5.41) is 0. The standard InChI is InChI=1S/C43H40O4/c1-5-14-34(15-6-1)30-44-40-26-24-38(42(28-40)46-32-36-18-9-3-10-19-36)22-13-23-39-25-27-41(45-31-35-16-7-2-8-17-35)29-43(39)47-33-37-20-11-4-12-21-37/h1-12,14-21,24-29H,13,22-23,30-33H2. The molecule has 4 nitrogen and oxygen atoms in total. The number of aryl methyl sites for hydroxylation is 2. The van der Waals surface area contributed by atoms with Gasteiger partial charge in [-0.3, -0.25) is 0 Å². The van der Waals surface area contributed by atoms with Gasteiger partial charge in [0.2, 0.25) is 0 Å². The number of hydrogen-bond acceptors (Lipinski definition) is 4. The van der Waals surface area contributed by atoms with Gasteiger partial charge in [-0.1, -0.05) is 133 Å². The molecule has 0 spiro atoms. The summed E-state index contributed by atoms with van der Waals surface area (Å²) >= 11 is 0. The first kappa shape index (κ1) is 31.5. The van der Waals surface area contributed by atoms with Gasteiger partial charge in [0.15, 0.2) is 0 Å². The third-order valence-corrected chi connectivity index (χ3v) is 7.94.